The minimum absolute atomic E-state index is 0.267. The molecule has 0 saturated carbocycles. The van der Waals surface area contributed by atoms with Gasteiger partial charge in [-0.15, -0.1) is 13.2 Å². The monoisotopic (exact) mass is 393 g/mol. The van der Waals surface area contributed by atoms with Crippen molar-refractivity contribution < 1.29 is 17.9 Å². The first-order chi connectivity index (χ1) is 9.37. The summed E-state index contributed by atoms with van der Waals surface area (Å²) in [5, 5.41) is 0. The zero-order chi connectivity index (χ0) is 14.8. The van der Waals surface area contributed by atoms with E-state index in [-0.39, 0.29) is 5.75 Å². The number of hydrogen-bond acceptors (Lipinski definition) is 2. The van der Waals surface area contributed by atoms with Crippen molar-refractivity contribution in [3.8, 4) is 5.75 Å². The van der Waals surface area contributed by atoms with Gasteiger partial charge in [0.25, 0.3) is 0 Å². The van der Waals surface area contributed by atoms with Gasteiger partial charge in [-0.3, -0.25) is 0 Å². The first-order valence-electron chi connectivity index (χ1n) is 5.72. The largest absolute Gasteiger partial charge is 0.573 e. The minimum atomic E-state index is -4.70. The van der Waals surface area contributed by atoms with Crippen LogP contribution in [0.2, 0.25) is 0 Å². The second-order valence-corrected chi connectivity index (χ2v) is 5.28. The lowest BCUT2D eigenvalue weighted by atomic mass is 9.99. The van der Waals surface area contributed by atoms with E-state index in [4.69, 9.17) is 5.73 Å². The molecule has 20 heavy (non-hydrogen) atoms. The van der Waals surface area contributed by atoms with Crippen molar-refractivity contribution in [3.05, 3.63) is 63.2 Å². The van der Waals surface area contributed by atoms with E-state index in [1.165, 1.54) is 18.2 Å². The van der Waals surface area contributed by atoms with Crippen LogP contribution in [-0.4, -0.2) is 6.36 Å². The van der Waals surface area contributed by atoms with Crippen molar-refractivity contribution in [3.63, 3.8) is 0 Å². The highest BCUT2D eigenvalue weighted by atomic mass is 127. The third-order valence-corrected chi connectivity index (χ3v) is 3.67. The number of rotatable bonds is 3. The lowest BCUT2D eigenvalue weighted by Gasteiger charge is -2.16. The number of hydrogen-bond donors (Lipinski definition) is 1. The molecule has 106 valence electrons. The molecule has 2 aromatic rings. The fourth-order valence-corrected chi connectivity index (χ4v) is 2.53. The van der Waals surface area contributed by atoms with E-state index in [2.05, 4.69) is 27.3 Å². The molecule has 0 radical (unpaired) electrons. The molecule has 0 bridgehead atoms. The van der Waals surface area contributed by atoms with Gasteiger partial charge in [-0.2, -0.15) is 0 Å². The van der Waals surface area contributed by atoms with E-state index in [1.807, 2.05) is 24.3 Å². The Kier molecular flexibility index (Phi) is 4.54. The van der Waals surface area contributed by atoms with Gasteiger partial charge in [0.2, 0.25) is 0 Å². The van der Waals surface area contributed by atoms with Crippen LogP contribution in [0, 0.1) is 3.57 Å². The Bertz CT molecular complexity index is 601. The first kappa shape index (κ1) is 15.1. The topological polar surface area (TPSA) is 35.2 Å². The van der Waals surface area contributed by atoms with Gasteiger partial charge >= 0.3 is 6.36 Å². The standard InChI is InChI=1S/C14H11F3INO/c15-14(16,17)20-10-5-3-4-9(8-10)13(19)11-6-1-2-7-12(11)18/h1-8,13H,19H2. The van der Waals surface area contributed by atoms with Crippen LogP contribution in [0.1, 0.15) is 17.2 Å². The predicted molar refractivity (Wildman–Crippen MR) is 78.3 cm³/mol. The summed E-state index contributed by atoms with van der Waals surface area (Å²) in [4.78, 5) is 0. The van der Waals surface area contributed by atoms with E-state index >= 15 is 0 Å². The van der Waals surface area contributed by atoms with Crippen LogP contribution in [0.4, 0.5) is 13.2 Å². The van der Waals surface area contributed by atoms with E-state index < -0.39 is 12.4 Å². The second-order valence-electron chi connectivity index (χ2n) is 4.12. The van der Waals surface area contributed by atoms with Gasteiger partial charge in [-0.25, -0.2) is 0 Å². The average molecular weight is 393 g/mol. The van der Waals surface area contributed by atoms with Crippen molar-refractivity contribution in [1.82, 2.24) is 0 Å². The van der Waals surface area contributed by atoms with E-state index in [9.17, 15) is 13.2 Å². The third kappa shape index (κ3) is 3.86. The summed E-state index contributed by atoms with van der Waals surface area (Å²) < 4.78 is 41.5. The number of alkyl halides is 3. The summed E-state index contributed by atoms with van der Waals surface area (Å²) in [6.07, 6.45) is -4.70. The van der Waals surface area contributed by atoms with Gasteiger partial charge in [-0.1, -0.05) is 30.3 Å². The smallest absolute Gasteiger partial charge is 0.406 e. The van der Waals surface area contributed by atoms with Gasteiger partial charge < -0.3 is 10.5 Å². The summed E-state index contributed by atoms with van der Waals surface area (Å²) in [7, 11) is 0. The highest BCUT2D eigenvalue weighted by molar-refractivity contribution is 14.1. The molecule has 1 unspecified atom stereocenters. The SMILES string of the molecule is NC(c1cccc(OC(F)(F)F)c1)c1ccccc1I. The lowest BCUT2D eigenvalue weighted by Crippen LogP contribution is -2.18. The molecule has 2 rings (SSSR count). The average Bonchev–Trinajstić information content (AvgIpc) is 2.37. The predicted octanol–water partition coefficient (Wildman–Crippen LogP) is 4.24. The molecule has 1 atom stereocenters. The number of ether oxygens (including phenoxy) is 1. The molecule has 0 heterocycles. The van der Waals surface area contributed by atoms with Crippen LogP contribution in [0.25, 0.3) is 0 Å². The molecule has 2 nitrogen and oxygen atoms in total. The Morgan fingerprint density at radius 2 is 1.75 bits per heavy atom. The summed E-state index contributed by atoms with van der Waals surface area (Å²) in [6, 6.07) is 12.7. The summed E-state index contributed by atoms with van der Waals surface area (Å²) in [6.45, 7) is 0. The summed E-state index contributed by atoms with van der Waals surface area (Å²) in [5.74, 6) is -0.267. The molecule has 6 heteroatoms. The molecule has 0 aliphatic rings. The molecule has 0 spiro atoms. The fraction of sp³-hybridized carbons (Fsp3) is 0.143. The van der Waals surface area contributed by atoms with Crippen molar-refractivity contribution in [2.45, 2.75) is 12.4 Å². The molecular weight excluding hydrogens is 382 g/mol. The molecule has 0 aliphatic heterocycles. The Balaban J connectivity index is 2.29. The van der Waals surface area contributed by atoms with Gasteiger partial charge in [0.05, 0.1) is 6.04 Å². The third-order valence-electron chi connectivity index (χ3n) is 2.69. The van der Waals surface area contributed by atoms with E-state index in [1.54, 1.807) is 6.07 Å². The molecule has 0 aliphatic carbocycles. The van der Waals surface area contributed by atoms with Gasteiger partial charge in [0.1, 0.15) is 5.75 Å². The Morgan fingerprint density at radius 1 is 1.05 bits per heavy atom. The lowest BCUT2D eigenvalue weighted by molar-refractivity contribution is -0.274. The molecule has 0 amide bonds. The minimum Gasteiger partial charge on any atom is -0.406 e. The van der Waals surface area contributed by atoms with Crippen LogP contribution >= 0.6 is 22.6 Å². The Morgan fingerprint density at radius 3 is 2.40 bits per heavy atom. The molecule has 0 aromatic heterocycles. The number of nitrogens with two attached hydrogens (primary N) is 1. The molecule has 0 saturated heterocycles. The number of halogens is 4. The van der Waals surface area contributed by atoms with Crippen LogP contribution in [0.3, 0.4) is 0 Å². The molecule has 2 aromatic carbocycles. The van der Waals surface area contributed by atoms with Crippen LogP contribution in [0.15, 0.2) is 48.5 Å². The maximum absolute atomic E-state index is 12.2. The molecular formula is C14H11F3INO. The maximum Gasteiger partial charge on any atom is 0.573 e. The highest BCUT2D eigenvalue weighted by Crippen LogP contribution is 2.28. The highest BCUT2D eigenvalue weighted by Gasteiger charge is 2.31. The van der Waals surface area contributed by atoms with Gasteiger partial charge in [0.15, 0.2) is 0 Å². The molecule has 0 fully saturated rings. The van der Waals surface area contributed by atoms with Crippen molar-refractivity contribution in [1.29, 1.82) is 0 Å². The summed E-state index contributed by atoms with van der Waals surface area (Å²) in [5.41, 5.74) is 7.53. The van der Waals surface area contributed by atoms with E-state index in [0.29, 0.717) is 5.56 Å². The van der Waals surface area contributed by atoms with Gasteiger partial charge in [0, 0.05) is 3.57 Å². The summed E-state index contributed by atoms with van der Waals surface area (Å²) >= 11 is 2.14. The number of benzene rings is 2. The van der Waals surface area contributed by atoms with Gasteiger partial charge in [-0.05, 0) is 51.9 Å². The molecule has 2 N–H and O–H groups in total. The second kappa shape index (κ2) is 6.01. The van der Waals surface area contributed by atoms with Crippen LogP contribution in [0.5, 0.6) is 5.75 Å². The zero-order valence-electron chi connectivity index (χ0n) is 10.2. The maximum atomic E-state index is 12.2. The van der Waals surface area contributed by atoms with E-state index in [0.717, 1.165) is 9.13 Å². The van der Waals surface area contributed by atoms with Crippen molar-refractivity contribution >= 4 is 22.6 Å². The van der Waals surface area contributed by atoms with Crippen molar-refractivity contribution in [2.75, 3.05) is 0 Å². The van der Waals surface area contributed by atoms with Crippen molar-refractivity contribution in [2.24, 2.45) is 5.73 Å². The Labute approximate surface area is 127 Å². The fourth-order valence-electron chi connectivity index (χ4n) is 1.81. The normalized spacial score (nSPS) is 13.1. The zero-order valence-corrected chi connectivity index (χ0v) is 12.4. The quantitative estimate of drug-likeness (QED) is 0.793. The Hall–Kier alpha value is -1.28. The first-order valence-corrected chi connectivity index (χ1v) is 6.80. The van der Waals surface area contributed by atoms with Crippen LogP contribution < -0.4 is 10.5 Å². The van der Waals surface area contributed by atoms with Crippen LogP contribution in [-0.2, 0) is 0 Å².